The molecule has 0 aliphatic carbocycles. The van der Waals surface area contributed by atoms with E-state index in [-0.39, 0.29) is 17.0 Å². The Morgan fingerprint density at radius 2 is 2.05 bits per heavy atom. The molecule has 0 amide bonds. The van der Waals surface area contributed by atoms with Gasteiger partial charge in [0.05, 0.1) is 10.5 Å². The highest BCUT2D eigenvalue weighted by molar-refractivity contribution is 7.89. The summed E-state index contributed by atoms with van der Waals surface area (Å²) in [5, 5.41) is 20.9. The highest BCUT2D eigenvalue weighted by atomic mass is 32.2. The molecule has 0 radical (unpaired) electrons. The van der Waals surface area contributed by atoms with Crippen molar-refractivity contribution in [2.24, 2.45) is 0 Å². The molecule has 0 fully saturated rings. The Bertz CT molecular complexity index is 749. The van der Waals surface area contributed by atoms with Crippen LogP contribution in [0.25, 0.3) is 0 Å². The lowest BCUT2D eigenvalue weighted by molar-refractivity contribution is 0.158. The first kappa shape index (κ1) is 15.7. The Morgan fingerprint density at radius 3 is 2.67 bits per heavy atom. The van der Waals surface area contributed by atoms with Crippen LogP contribution in [0.3, 0.4) is 0 Å². The third-order valence-electron chi connectivity index (χ3n) is 3.00. The zero-order valence-corrected chi connectivity index (χ0v) is 12.9. The predicted octanol–water partition coefficient (Wildman–Crippen LogP) is 1.97. The number of hydrogen-bond acceptors (Lipinski definition) is 5. The number of hydrogen-bond donors (Lipinski definition) is 1. The molecular weight excluding hydrogens is 308 g/mol. The minimum atomic E-state index is -3.81. The molecule has 1 N–H and O–H groups in total. The molecule has 2 aromatic rings. The van der Waals surface area contributed by atoms with Gasteiger partial charge < -0.3 is 5.11 Å². The average molecular weight is 322 g/mol. The monoisotopic (exact) mass is 322 g/mol. The highest BCUT2D eigenvalue weighted by Gasteiger charge is 2.26. The Morgan fingerprint density at radius 1 is 1.33 bits per heavy atom. The van der Waals surface area contributed by atoms with Crippen molar-refractivity contribution in [3.05, 3.63) is 52.2 Å². The van der Waals surface area contributed by atoms with E-state index < -0.39 is 16.1 Å². The van der Waals surface area contributed by atoms with Gasteiger partial charge >= 0.3 is 0 Å². The molecule has 1 heterocycles. The standard InChI is InChI=1S/C14H14N2O3S2/c1-16(10-12(17)13-6-4-8-20-13)21(18,19)14-7-3-2-5-11(14)9-15/h2-8,12,17H,10H2,1H3. The van der Waals surface area contributed by atoms with Crippen molar-refractivity contribution >= 4 is 21.4 Å². The van der Waals surface area contributed by atoms with Gasteiger partial charge in [0.1, 0.15) is 12.2 Å². The van der Waals surface area contributed by atoms with E-state index in [4.69, 9.17) is 5.26 Å². The molecular formula is C14H14N2O3S2. The summed E-state index contributed by atoms with van der Waals surface area (Å²) < 4.78 is 26.0. The molecule has 1 aromatic heterocycles. The molecule has 7 heteroatoms. The fourth-order valence-corrected chi connectivity index (χ4v) is 3.88. The molecule has 0 spiro atoms. The zero-order valence-electron chi connectivity index (χ0n) is 11.3. The SMILES string of the molecule is CN(CC(O)c1cccs1)S(=O)(=O)c1ccccc1C#N. The lowest BCUT2D eigenvalue weighted by Gasteiger charge is -2.20. The number of nitriles is 1. The Labute approximate surface area is 127 Å². The van der Waals surface area contributed by atoms with Crippen LogP contribution in [0.5, 0.6) is 0 Å². The quantitative estimate of drug-likeness (QED) is 0.912. The van der Waals surface area contributed by atoms with E-state index in [0.29, 0.717) is 4.88 Å². The van der Waals surface area contributed by atoms with Crippen LogP contribution in [-0.2, 0) is 10.0 Å². The molecule has 1 atom stereocenters. The van der Waals surface area contributed by atoms with Crippen molar-refractivity contribution in [3.8, 4) is 6.07 Å². The molecule has 21 heavy (non-hydrogen) atoms. The number of sulfonamides is 1. The fraction of sp³-hybridized carbons (Fsp3) is 0.214. The largest absolute Gasteiger partial charge is 0.386 e. The summed E-state index contributed by atoms with van der Waals surface area (Å²) in [4.78, 5) is 0.652. The second kappa shape index (κ2) is 6.37. The van der Waals surface area contributed by atoms with Crippen molar-refractivity contribution in [1.29, 1.82) is 5.26 Å². The number of likely N-dealkylation sites (N-methyl/N-ethyl adjacent to an activating group) is 1. The van der Waals surface area contributed by atoms with E-state index in [1.54, 1.807) is 24.3 Å². The topological polar surface area (TPSA) is 81.4 Å². The van der Waals surface area contributed by atoms with E-state index in [2.05, 4.69) is 0 Å². The predicted molar refractivity (Wildman–Crippen MR) is 80.3 cm³/mol. The molecule has 0 aliphatic heterocycles. The van der Waals surface area contributed by atoms with E-state index >= 15 is 0 Å². The Hall–Kier alpha value is -1.72. The van der Waals surface area contributed by atoms with Gasteiger partial charge in [-0.2, -0.15) is 9.57 Å². The maximum atomic E-state index is 12.5. The Kier molecular flexibility index (Phi) is 4.75. The molecule has 110 valence electrons. The van der Waals surface area contributed by atoms with Gasteiger partial charge in [-0.15, -0.1) is 11.3 Å². The number of rotatable bonds is 5. The molecule has 2 rings (SSSR count). The van der Waals surface area contributed by atoms with Crippen LogP contribution >= 0.6 is 11.3 Å². The smallest absolute Gasteiger partial charge is 0.244 e. The third-order valence-corrected chi connectivity index (χ3v) is 5.85. The second-order valence-electron chi connectivity index (χ2n) is 4.42. The molecule has 0 saturated heterocycles. The summed E-state index contributed by atoms with van der Waals surface area (Å²) in [5.74, 6) is 0. The van der Waals surface area contributed by atoms with Gasteiger partial charge in [-0.1, -0.05) is 18.2 Å². The maximum absolute atomic E-state index is 12.5. The molecule has 5 nitrogen and oxygen atoms in total. The number of thiophene rings is 1. The van der Waals surface area contributed by atoms with E-state index in [0.717, 1.165) is 4.31 Å². The fourth-order valence-electron chi connectivity index (χ4n) is 1.86. The summed E-state index contributed by atoms with van der Waals surface area (Å²) >= 11 is 1.36. The van der Waals surface area contributed by atoms with Gasteiger partial charge in [0.2, 0.25) is 10.0 Å². The summed E-state index contributed by atoms with van der Waals surface area (Å²) in [6.45, 7) is -0.0669. The van der Waals surface area contributed by atoms with E-state index in [1.807, 2.05) is 11.4 Å². The summed E-state index contributed by atoms with van der Waals surface area (Å²) in [6.07, 6.45) is -0.890. The second-order valence-corrected chi connectivity index (χ2v) is 7.42. The average Bonchev–Trinajstić information content (AvgIpc) is 3.01. The number of aliphatic hydroxyl groups is 1. The highest BCUT2D eigenvalue weighted by Crippen LogP contribution is 2.23. The molecule has 1 aromatic carbocycles. The van der Waals surface area contributed by atoms with Gasteiger partial charge in [0.15, 0.2) is 0 Å². The van der Waals surface area contributed by atoms with Crippen molar-refractivity contribution in [1.82, 2.24) is 4.31 Å². The van der Waals surface area contributed by atoms with Gasteiger partial charge in [-0.3, -0.25) is 0 Å². The van der Waals surface area contributed by atoms with E-state index in [9.17, 15) is 13.5 Å². The molecule has 0 aliphatic rings. The van der Waals surface area contributed by atoms with Crippen LogP contribution < -0.4 is 0 Å². The minimum absolute atomic E-state index is 0.0478. The van der Waals surface area contributed by atoms with Gasteiger partial charge in [0, 0.05) is 18.5 Å². The van der Waals surface area contributed by atoms with Gasteiger partial charge in [-0.25, -0.2) is 8.42 Å². The van der Waals surface area contributed by atoms with E-state index in [1.165, 1.54) is 30.5 Å². The number of benzene rings is 1. The molecule has 1 unspecified atom stereocenters. The normalized spacial score (nSPS) is 13.0. The van der Waals surface area contributed by atoms with Crippen molar-refractivity contribution in [2.45, 2.75) is 11.0 Å². The third kappa shape index (κ3) is 3.31. The zero-order chi connectivity index (χ0) is 15.5. The van der Waals surface area contributed by atoms with Crippen LogP contribution in [0.1, 0.15) is 16.5 Å². The first-order valence-corrected chi connectivity index (χ1v) is 8.45. The minimum Gasteiger partial charge on any atom is -0.386 e. The van der Waals surface area contributed by atoms with Crippen molar-refractivity contribution in [2.75, 3.05) is 13.6 Å². The van der Waals surface area contributed by atoms with Crippen LogP contribution in [0, 0.1) is 11.3 Å². The van der Waals surface area contributed by atoms with Crippen molar-refractivity contribution < 1.29 is 13.5 Å². The first-order chi connectivity index (χ1) is 9.96. The van der Waals surface area contributed by atoms with Crippen LogP contribution in [0.15, 0.2) is 46.7 Å². The van der Waals surface area contributed by atoms with Crippen LogP contribution in [0.2, 0.25) is 0 Å². The Balaban J connectivity index is 2.25. The number of nitrogens with zero attached hydrogens (tertiary/aromatic N) is 2. The summed E-state index contributed by atoms with van der Waals surface area (Å²) in [7, 11) is -2.42. The lowest BCUT2D eigenvalue weighted by atomic mass is 10.2. The molecule has 0 bridgehead atoms. The van der Waals surface area contributed by atoms with Crippen molar-refractivity contribution in [3.63, 3.8) is 0 Å². The van der Waals surface area contributed by atoms with Gasteiger partial charge in [0.25, 0.3) is 0 Å². The first-order valence-electron chi connectivity index (χ1n) is 6.13. The maximum Gasteiger partial charge on any atom is 0.244 e. The van der Waals surface area contributed by atoms with Crippen LogP contribution in [-0.4, -0.2) is 31.4 Å². The molecule has 0 saturated carbocycles. The lowest BCUT2D eigenvalue weighted by Crippen LogP contribution is -2.31. The number of aliphatic hydroxyl groups excluding tert-OH is 1. The summed E-state index contributed by atoms with van der Waals surface area (Å²) in [6, 6.07) is 11.4. The van der Waals surface area contributed by atoms with Crippen LogP contribution in [0.4, 0.5) is 0 Å². The summed E-state index contributed by atoms with van der Waals surface area (Å²) in [5.41, 5.74) is 0.0926. The van der Waals surface area contributed by atoms with Gasteiger partial charge in [-0.05, 0) is 23.6 Å².